The van der Waals surface area contributed by atoms with E-state index in [0.717, 1.165) is 25.7 Å². The molecule has 1 aromatic heterocycles. The zero-order valence-corrected chi connectivity index (χ0v) is 21.6. The van der Waals surface area contributed by atoms with Crippen molar-refractivity contribution in [1.29, 1.82) is 0 Å². The van der Waals surface area contributed by atoms with Crippen LogP contribution in [0.3, 0.4) is 0 Å². The van der Waals surface area contributed by atoms with Gasteiger partial charge in [0.05, 0.1) is 17.1 Å². The fraction of sp³-hybridized carbons (Fsp3) is 0.560. The summed E-state index contributed by atoms with van der Waals surface area (Å²) in [6.45, 7) is 5.43. The zero-order chi connectivity index (χ0) is 25.9. The summed E-state index contributed by atoms with van der Waals surface area (Å²) in [5.41, 5.74) is 0.0844. The largest absolute Gasteiger partial charge is 0.450 e. The predicted molar refractivity (Wildman–Crippen MR) is 135 cm³/mol. The monoisotopic (exact) mass is 518 g/mol. The molecule has 2 aliphatic rings. The Morgan fingerprint density at radius 1 is 1.08 bits per heavy atom. The second kappa shape index (κ2) is 11.0. The van der Waals surface area contributed by atoms with Gasteiger partial charge in [0.2, 0.25) is 15.6 Å². The fourth-order valence-electron chi connectivity index (χ4n) is 5.10. The number of piperidine rings is 2. The maximum absolute atomic E-state index is 13.5. The van der Waals surface area contributed by atoms with Crippen molar-refractivity contribution in [2.45, 2.75) is 69.4 Å². The molecule has 1 aromatic carbocycles. The van der Waals surface area contributed by atoms with Crippen molar-refractivity contribution in [2.75, 3.05) is 26.2 Å². The van der Waals surface area contributed by atoms with Crippen LogP contribution in [0.1, 0.15) is 62.7 Å². The van der Waals surface area contributed by atoms with Crippen molar-refractivity contribution in [3.63, 3.8) is 0 Å². The first kappa shape index (κ1) is 26.2. The number of nitrogens with one attached hydrogen (secondary N) is 2. The molecule has 0 radical (unpaired) electrons. The van der Waals surface area contributed by atoms with E-state index in [1.807, 2.05) is 6.92 Å². The zero-order valence-electron chi connectivity index (χ0n) is 20.8. The molecule has 0 aliphatic carbocycles. The van der Waals surface area contributed by atoms with E-state index in [1.165, 1.54) is 18.2 Å². The van der Waals surface area contributed by atoms with Crippen LogP contribution in [0.5, 0.6) is 0 Å². The van der Waals surface area contributed by atoms with Gasteiger partial charge in [-0.1, -0.05) is 13.3 Å². The first-order chi connectivity index (χ1) is 17.2. The summed E-state index contributed by atoms with van der Waals surface area (Å²) in [5, 5.41) is 3.33. The number of rotatable bonds is 6. The third kappa shape index (κ3) is 5.41. The molecule has 2 fully saturated rings. The van der Waals surface area contributed by atoms with Gasteiger partial charge in [-0.05, 0) is 57.2 Å². The lowest BCUT2D eigenvalue weighted by molar-refractivity contribution is 0.0861. The molecule has 36 heavy (non-hydrogen) atoms. The summed E-state index contributed by atoms with van der Waals surface area (Å²) in [6, 6.07) is 5.50. The van der Waals surface area contributed by atoms with Gasteiger partial charge in [0.1, 0.15) is 0 Å². The highest BCUT2D eigenvalue weighted by atomic mass is 32.2. The number of aromatic amines is 1. The van der Waals surface area contributed by atoms with Crippen molar-refractivity contribution in [2.24, 2.45) is 0 Å². The van der Waals surface area contributed by atoms with Crippen molar-refractivity contribution >= 4 is 32.9 Å². The number of H-pyrrole nitrogens is 1. The number of hydrogen-bond donors (Lipinski definition) is 2. The lowest BCUT2D eigenvalue weighted by Gasteiger charge is -2.34. The first-order valence-corrected chi connectivity index (χ1v) is 14.1. The van der Waals surface area contributed by atoms with Crippen LogP contribution in [0.2, 0.25) is 0 Å². The van der Waals surface area contributed by atoms with E-state index in [-0.39, 0.29) is 28.6 Å². The smallest absolute Gasteiger partial charge is 0.409 e. The van der Waals surface area contributed by atoms with Crippen molar-refractivity contribution in [3.05, 3.63) is 40.2 Å². The summed E-state index contributed by atoms with van der Waals surface area (Å²) in [6.07, 6.45) is 4.14. The normalized spacial score (nSPS) is 19.8. The lowest BCUT2D eigenvalue weighted by atomic mass is 10.0. The molecule has 2 aliphatic heterocycles. The molecule has 2 saturated heterocycles. The van der Waals surface area contributed by atoms with Gasteiger partial charge in [-0.25, -0.2) is 13.2 Å². The van der Waals surface area contributed by atoms with Gasteiger partial charge in [-0.15, -0.1) is 0 Å². The molecule has 2 amide bonds. The van der Waals surface area contributed by atoms with Crippen LogP contribution in [-0.2, 0) is 14.8 Å². The number of amides is 2. The Bertz CT molecular complexity index is 1280. The molecule has 10 nitrogen and oxygen atoms in total. The molecule has 0 spiro atoms. The van der Waals surface area contributed by atoms with E-state index in [9.17, 15) is 22.8 Å². The van der Waals surface area contributed by atoms with E-state index in [4.69, 9.17) is 4.74 Å². The molecule has 0 unspecified atom stereocenters. The van der Waals surface area contributed by atoms with Crippen LogP contribution < -0.4 is 10.9 Å². The topological polar surface area (TPSA) is 129 Å². The summed E-state index contributed by atoms with van der Waals surface area (Å²) in [4.78, 5) is 41.8. The molecular formula is C25H34N4O6S. The number of likely N-dealkylation sites (tertiary alicyclic amines) is 1. The van der Waals surface area contributed by atoms with Gasteiger partial charge >= 0.3 is 6.09 Å². The minimum atomic E-state index is -3.75. The molecule has 2 N–H and O–H groups in total. The standard InChI is InChI=1S/C25H34N4O6S/c1-3-18-7-5-6-12-29(18)36(33,34)19-8-9-22-20(15-19)21(16-23(30)27-22)24(31)26-17-10-13-28(14-11-17)25(32)35-4-2/h8-9,15-18H,3-7,10-14H2,1-2H3,(H,26,31)(H,27,30)/t18-/m0/s1. The van der Waals surface area contributed by atoms with Gasteiger partial charge in [-0.2, -0.15) is 4.31 Å². The molecule has 0 bridgehead atoms. The average Bonchev–Trinajstić information content (AvgIpc) is 2.88. The third-order valence-corrected chi connectivity index (χ3v) is 9.01. The number of sulfonamides is 1. The van der Waals surface area contributed by atoms with Gasteiger partial charge in [0, 0.05) is 48.7 Å². The number of nitrogens with zero attached hydrogens (tertiary/aromatic N) is 2. The molecule has 196 valence electrons. The van der Waals surface area contributed by atoms with Crippen LogP contribution in [0, 0.1) is 0 Å². The predicted octanol–water partition coefficient (Wildman–Crippen LogP) is 2.83. The van der Waals surface area contributed by atoms with E-state index in [1.54, 1.807) is 22.2 Å². The Kier molecular flexibility index (Phi) is 7.99. The third-order valence-electron chi connectivity index (χ3n) is 7.07. The van der Waals surface area contributed by atoms with Gasteiger partial charge in [0.15, 0.2) is 0 Å². The van der Waals surface area contributed by atoms with Crippen molar-refractivity contribution < 1.29 is 22.7 Å². The molecule has 4 rings (SSSR count). The Morgan fingerprint density at radius 2 is 1.83 bits per heavy atom. The Hall–Kier alpha value is -2.92. The second-order valence-corrected chi connectivity index (χ2v) is 11.3. The highest BCUT2D eigenvalue weighted by Gasteiger charge is 2.33. The molecule has 1 atom stereocenters. The lowest BCUT2D eigenvalue weighted by Crippen LogP contribution is -2.46. The molecule has 3 heterocycles. The average molecular weight is 519 g/mol. The van der Waals surface area contributed by atoms with Gasteiger partial charge in [-0.3, -0.25) is 9.59 Å². The Morgan fingerprint density at radius 3 is 2.53 bits per heavy atom. The number of hydrogen-bond acceptors (Lipinski definition) is 6. The van der Waals surface area contributed by atoms with Crippen LogP contribution in [0.25, 0.3) is 10.9 Å². The van der Waals surface area contributed by atoms with E-state index < -0.39 is 21.5 Å². The van der Waals surface area contributed by atoms with Crippen LogP contribution in [0.4, 0.5) is 4.79 Å². The summed E-state index contributed by atoms with van der Waals surface area (Å²) in [5.74, 6) is -0.445. The second-order valence-electron chi connectivity index (χ2n) is 9.36. The van der Waals surface area contributed by atoms with Gasteiger partial charge in [0.25, 0.3) is 5.91 Å². The summed E-state index contributed by atoms with van der Waals surface area (Å²) < 4.78 is 33.6. The molecule has 2 aromatic rings. The SMILES string of the molecule is CCOC(=O)N1CCC(NC(=O)c2cc(=O)[nH]c3ccc(S(=O)(=O)N4CCCC[C@@H]4CC)cc23)CC1. The number of carbonyl (C=O) groups excluding carboxylic acids is 2. The number of ether oxygens (including phenoxy) is 1. The van der Waals surface area contributed by atoms with Crippen LogP contribution >= 0.6 is 0 Å². The van der Waals surface area contributed by atoms with Crippen molar-refractivity contribution in [1.82, 2.24) is 19.5 Å². The minimum absolute atomic E-state index is 0.0433. The van der Waals surface area contributed by atoms with E-state index >= 15 is 0 Å². The first-order valence-electron chi connectivity index (χ1n) is 12.7. The fourth-order valence-corrected chi connectivity index (χ4v) is 6.89. The molecule has 11 heteroatoms. The van der Waals surface area contributed by atoms with Crippen LogP contribution in [-0.4, -0.2) is 72.9 Å². The maximum Gasteiger partial charge on any atom is 0.409 e. The summed E-state index contributed by atoms with van der Waals surface area (Å²) in [7, 11) is -3.75. The van der Waals surface area contributed by atoms with Crippen molar-refractivity contribution in [3.8, 4) is 0 Å². The van der Waals surface area contributed by atoms with E-state index in [2.05, 4.69) is 10.3 Å². The highest BCUT2D eigenvalue weighted by molar-refractivity contribution is 7.89. The number of carbonyl (C=O) groups is 2. The number of pyridine rings is 1. The number of fused-ring (bicyclic) bond motifs is 1. The Labute approximate surface area is 211 Å². The maximum atomic E-state index is 13.5. The minimum Gasteiger partial charge on any atom is -0.450 e. The van der Waals surface area contributed by atoms with Gasteiger partial charge < -0.3 is 19.9 Å². The molecular weight excluding hydrogens is 484 g/mol. The Balaban J connectivity index is 1.58. The summed E-state index contributed by atoms with van der Waals surface area (Å²) >= 11 is 0. The quantitative estimate of drug-likeness (QED) is 0.605. The number of benzene rings is 1. The number of aromatic nitrogens is 1. The molecule has 0 saturated carbocycles. The highest BCUT2D eigenvalue weighted by Crippen LogP contribution is 2.29. The van der Waals surface area contributed by atoms with E-state index in [0.29, 0.717) is 50.0 Å². The van der Waals surface area contributed by atoms with Crippen LogP contribution in [0.15, 0.2) is 34.0 Å².